The first-order valence-corrected chi connectivity index (χ1v) is 11.5. The standard InChI is InChI=1S/C23H20N4O2S2/c1-3-11-27-22(29)18-9-4-5-10-19(18)26-23(27)31-14-21(28)25-17-8-6-7-16(12-17)20-13-30-15(2)24-20/h3-10,12-13H,1,11,14H2,2H3,(H,25,28). The molecule has 0 bridgehead atoms. The van der Waals surface area contributed by atoms with Crippen molar-refractivity contribution in [2.24, 2.45) is 0 Å². The topological polar surface area (TPSA) is 76.9 Å². The molecule has 0 spiro atoms. The molecule has 4 aromatic rings. The number of amides is 1. The van der Waals surface area contributed by atoms with Crippen LogP contribution in [0.25, 0.3) is 22.2 Å². The minimum absolute atomic E-state index is 0.127. The smallest absolute Gasteiger partial charge is 0.262 e. The Morgan fingerprint density at radius 2 is 2.06 bits per heavy atom. The summed E-state index contributed by atoms with van der Waals surface area (Å²) in [6.45, 7) is 6.01. The lowest BCUT2D eigenvalue weighted by Gasteiger charge is -2.11. The minimum Gasteiger partial charge on any atom is -0.325 e. The van der Waals surface area contributed by atoms with Crippen LogP contribution >= 0.6 is 23.1 Å². The Morgan fingerprint density at radius 1 is 1.23 bits per heavy atom. The van der Waals surface area contributed by atoms with E-state index in [1.54, 1.807) is 34.1 Å². The number of rotatable bonds is 7. The van der Waals surface area contributed by atoms with Gasteiger partial charge < -0.3 is 5.32 Å². The second kappa shape index (κ2) is 9.28. The zero-order valence-corrected chi connectivity index (χ0v) is 18.5. The highest BCUT2D eigenvalue weighted by atomic mass is 32.2. The zero-order chi connectivity index (χ0) is 21.8. The van der Waals surface area contributed by atoms with Gasteiger partial charge in [-0.25, -0.2) is 9.97 Å². The molecule has 2 heterocycles. The molecule has 6 nitrogen and oxygen atoms in total. The largest absolute Gasteiger partial charge is 0.325 e. The molecule has 0 aliphatic heterocycles. The summed E-state index contributed by atoms with van der Waals surface area (Å²) in [5.41, 5.74) is 3.01. The number of nitrogens with zero attached hydrogens (tertiary/aromatic N) is 3. The molecule has 156 valence electrons. The van der Waals surface area contributed by atoms with Crippen molar-refractivity contribution in [2.45, 2.75) is 18.6 Å². The summed E-state index contributed by atoms with van der Waals surface area (Å²) in [5.74, 6) is -0.0498. The fraction of sp³-hybridized carbons (Fsp3) is 0.130. The maximum Gasteiger partial charge on any atom is 0.262 e. The van der Waals surface area contributed by atoms with Gasteiger partial charge in [-0.15, -0.1) is 17.9 Å². The lowest BCUT2D eigenvalue weighted by molar-refractivity contribution is -0.113. The molecule has 2 aromatic carbocycles. The van der Waals surface area contributed by atoms with Gasteiger partial charge in [0.1, 0.15) is 0 Å². The third-order valence-electron chi connectivity index (χ3n) is 4.53. The monoisotopic (exact) mass is 448 g/mol. The second-order valence-corrected chi connectivity index (χ2v) is 8.79. The highest BCUT2D eigenvalue weighted by Crippen LogP contribution is 2.24. The van der Waals surface area contributed by atoms with Crippen LogP contribution in [0.1, 0.15) is 5.01 Å². The quantitative estimate of drug-likeness (QED) is 0.251. The number of carbonyl (C=O) groups excluding carboxylic acids is 1. The summed E-state index contributed by atoms with van der Waals surface area (Å²) in [5, 5.41) is 6.94. The molecule has 8 heteroatoms. The fourth-order valence-electron chi connectivity index (χ4n) is 3.13. The van der Waals surface area contributed by atoms with Crippen molar-refractivity contribution >= 4 is 45.6 Å². The number of aromatic nitrogens is 3. The van der Waals surface area contributed by atoms with Crippen LogP contribution in [0.3, 0.4) is 0 Å². The fourth-order valence-corrected chi connectivity index (χ4v) is 4.56. The van der Waals surface area contributed by atoms with Crippen molar-refractivity contribution in [3.8, 4) is 11.3 Å². The van der Waals surface area contributed by atoms with E-state index in [0.717, 1.165) is 16.3 Å². The van der Waals surface area contributed by atoms with Crippen molar-refractivity contribution in [1.29, 1.82) is 0 Å². The Kier molecular flexibility index (Phi) is 6.29. The van der Waals surface area contributed by atoms with Crippen molar-refractivity contribution in [3.05, 3.63) is 81.9 Å². The highest BCUT2D eigenvalue weighted by Gasteiger charge is 2.13. The van der Waals surface area contributed by atoms with E-state index in [1.807, 2.05) is 48.7 Å². The van der Waals surface area contributed by atoms with E-state index < -0.39 is 0 Å². The molecule has 1 N–H and O–H groups in total. The number of hydrogen-bond acceptors (Lipinski definition) is 6. The van der Waals surface area contributed by atoms with Crippen molar-refractivity contribution in [3.63, 3.8) is 0 Å². The number of thiazole rings is 1. The maximum absolute atomic E-state index is 12.8. The Bertz CT molecular complexity index is 1330. The Hall–Kier alpha value is -3.23. The predicted octanol–water partition coefficient (Wildman–Crippen LogP) is 4.75. The summed E-state index contributed by atoms with van der Waals surface area (Å²) in [6.07, 6.45) is 1.65. The van der Waals surface area contributed by atoms with Gasteiger partial charge in [-0.1, -0.05) is 42.1 Å². The molecule has 0 aliphatic rings. The second-order valence-electron chi connectivity index (χ2n) is 6.79. The average molecular weight is 449 g/mol. The van der Waals surface area contributed by atoms with E-state index in [1.165, 1.54) is 11.8 Å². The predicted molar refractivity (Wildman–Crippen MR) is 128 cm³/mol. The molecule has 0 radical (unpaired) electrons. The lowest BCUT2D eigenvalue weighted by Crippen LogP contribution is -2.23. The number of benzene rings is 2. The first-order chi connectivity index (χ1) is 15.0. The molecule has 4 rings (SSSR count). The van der Waals surface area contributed by atoms with Crippen molar-refractivity contribution in [2.75, 3.05) is 11.1 Å². The molecule has 0 aliphatic carbocycles. The number of anilines is 1. The summed E-state index contributed by atoms with van der Waals surface area (Å²) in [7, 11) is 0. The van der Waals surface area contributed by atoms with Crippen LogP contribution in [-0.4, -0.2) is 26.2 Å². The summed E-state index contributed by atoms with van der Waals surface area (Å²) in [4.78, 5) is 34.5. The van der Waals surface area contributed by atoms with Gasteiger partial charge in [0.05, 0.1) is 27.4 Å². The van der Waals surface area contributed by atoms with Crippen LogP contribution in [-0.2, 0) is 11.3 Å². The van der Waals surface area contributed by atoms with Crippen LogP contribution < -0.4 is 10.9 Å². The maximum atomic E-state index is 12.8. The van der Waals surface area contributed by atoms with E-state index >= 15 is 0 Å². The van der Waals surface area contributed by atoms with Gasteiger partial charge in [0.2, 0.25) is 5.91 Å². The summed E-state index contributed by atoms with van der Waals surface area (Å²) >= 11 is 2.82. The third-order valence-corrected chi connectivity index (χ3v) is 6.28. The molecule has 0 unspecified atom stereocenters. The van der Waals surface area contributed by atoms with Crippen molar-refractivity contribution < 1.29 is 4.79 Å². The molecule has 0 saturated carbocycles. The van der Waals surface area contributed by atoms with Gasteiger partial charge in [-0.2, -0.15) is 0 Å². The van der Waals surface area contributed by atoms with Crippen LogP contribution in [0, 0.1) is 6.92 Å². The number of hydrogen-bond donors (Lipinski definition) is 1. The number of nitrogens with one attached hydrogen (secondary N) is 1. The number of aryl methyl sites for hydroxylation is 1. The Morgan fingerprint density at radius 3 is 2.84 bits per heavy atom. The molecule has 2 aromatic heterocycles. The van der Waals surface area contributed by atoms with Gasteiger partial charge >= 0.3 is 0 Å². The molecular weight excluding hydrogens is 428 g/mol. The van der Waals surface area contributed by atoms with E-state index in [-0.39, 0.29) is 17.2 Å². The van der Waals surface area contributed by atoms with Crippen LogP contribution in [0.2, 0.25) is 0 Å². The minimum atomic E-state index is -0.177. The third kappa shape index (κ3) is 4.76. The average Bonchev–Trinajstić information content (AvgIpc) is 3.21. The molecule has 0 saturated heterocycles. The number of fused-ring (bicyclic) bond motifs is 1. The number of carbonyl (C=O) groups is 1. The van der Waals surface area contributed by atoms with Crippen molar-refractivity contribution in [1.82, 2.24) is 14.5 Å². The summed E-state index contributed by atoms with van der Waals surface area (Å²) < 4.78 is 1.54. The number of para-hydroxylation sites is 1. The number of thioether (sulfide) groups is 1. The molecule has 0 atom stereocenters. The van der Waals surface area contributed by atoms with Crippen LogP contribution in [0.4, 0.5) is 5.69 Å². The lowest BCUT2D eigenvalue weighted by atomic mass is 10.1. The summed E-state index contributed by atoms with van der Waals surface area (Å²) in [6, 6.07) is 14.8. The van der Waals surface area contributed by atoms with E-state index in [0.29, 0.717) is 28.3 Å². The van der Waals surface area contributed by atoms with E-state index in [2.05, 4.69) is 21.9 Å². The number of allylic oxidation sites excluding steroid dienone is 1. The molecule has 31 heavy (non-hydrogen) atoms. The Labute approximate surface area is 187 Å². The van der Waals surface area contributed by atoms with Gasteiger partial charge in [0, 0.05) is 23.2 Å². The SMILES string of the molecule is C=CCn1c(SCC(=O)Nc2cccc(-c3csc(C)n3)c2)nc2ccccc2c1=O. The highest BCUT2D eigenvalue weighted by molar-refractivity contribution is 7.99. The Balaban J connectivity index is 1.50. The molecular formula is C23H20N4O2S2. The first-order valence-electron chi connectivity index (χ1n) is 9.61. The first kappa shape index (κ1) is 21.0. The van der Waals surface area contributed by atoms with Crippen LogP contribution in [0.15, 0.2) is 76.5 Å². The normalized spacial score (nSPS) is 10.9. The van der Waals surface area contributed by atoms with Gasteiger partial charge in [-0.05, 0) is 31.2 Å². The van der Waals surface area contributed by atoms with Gasteiger partial charge in [0.15, 0.2) is 5.16 Å². The zero-order valence-electron chi connectivity index (χ0n) is 16.9. The van der Waals surface area contributed by atoms with E-state index in [9.17, 15) is 9.59 Å². The molecule has 1 amide bonds. The van der Waals surface area contributed by atoms with E-state index in [4.69, 9.17) is 0 Å². The van der Waals surface area contributed by atoms with Gasteiger partial charge in [0.25, 0.3) is 5.56 Å². The molecule has 0 fully saturated rings. The van der Waals surface area contributed by atoms with Gasteiger partial charge in [-0.3, -0.25) is 14.2 Å². The van der Waals surface area contributed by atoms with Crippen LogP contribution in [0.5, 0.6) is 0 Å².